The molecule has 1 aromatic heterocycles. The smallest absolute Gasteiger partial charge is 0.251 e. The molecule has 1 saturated heterocycles. The summed E-state index contributed by atoms with van der Waals surface area (Å²) in [5, 5.41) is 5.82. The first-order valence-electron chi connectivity index (χ1n) is 10.9. The summed E-state index contributed by atoms with van der Waals surface area (Å²) < 4.78 is 32.2. The van der Waals surface area contributed by atoms with E-state index in [0.29, 0.717) is 31.6 Å². The standard InChI is InChI=1S/C24H27N3O4S2/c1-31-20-9-5-18(6-10-20)22-17-32-23(26-22)13-14-25-24(28)19-7-11-21(12-8-19)33(29,30)27-15-3-2-4-16-27/h5-12,17H,2-4,13-16H2,1H3,(H,25,28). The Morgan fingerprint density at radius 1 is 1.06 bits per heavy atom. The van der Waals surface area contributed by atoms with E-state index in [9.17, 15) is 13.2 Å². The molecule has 0 saturated carbocycles. The predicted octanol–water partition coefficient (Wildman–Crippen LogP) is 3.97. The summed E-state index contributed by atoms with van der Waals surface area (Å²) in [6.07, 6.45) is 3.46. The average molecular weight is 486 g/mol. The van der Waals surface area contributed by atoms with Crippen LogP contribution >= 0.6 is 11.3 Å². The predicted molar refractivity (Wildman–Crippen MR) is 129 cm³/mol. The molecule has 1 amide bonds. The minimum absolute atomic E-state index is 0.231. The molecule has 9 heteroatoms. The van der Waals surface area contributed by atoms with Crippen LogP contribution in [0.5, 0.6) is 5.75 Å². The van der Waals surface area contributed by atoms with E-state index in [1.165, 1.54) is 16.4 Å². The first-order valence-corrected chi connectivity index (χ1v) is 13.3. The Kier molecular flexibility index (Phi) is 7.42. The third-order valence-electron chi connectivity index (χ3n) is 5.63. The Morgan fingerprint density at radius 3 is 2.42 bits per heavy atom. The van der Waals surface area contributed by atoms with Crippen molar-refractivity contribution in [1.29, 1.82) is 0 Å². The van der Waals surface area contributed by atoms with Crippen molar-refractivity contribution in [3.63, 3.8) is 0 Å². The minimum atomic E-state index is -3.49. The van der Waals surface area contributed by atoms with Gasteiger partial charge < -0.3 is 10.1 Å². The molecule has 2 heterocycles. The number of thiazole rings is 1. The monoisotopic (exact) mass is 485 g/mol. The highest BCUT2D eigenvalue weighted by molar-refractivity contribution is 7.89. The fourth-order valence-corrected chi connectivity index (χ4v) is 6.06. The highest BCUT2D eigenvalue weighted by atomic mass is 32.2. The van der Waals surface area contributed by atoms with Crippen molar-refractivity contribution in [1.82, 2.24) is 14.6 Å². The van der Waals surface area contributed by atoms with Crippen LogP contribution in [-0.4, -0.2) is 50.4 Å². The van der Waals surface area contributed by atoms with Crippen molar-refractivity contribution >= 4 is 27.3 Å². The van der Waals surface area contributed by atoms with Gasteiger partial charge in [-0.05, 0) is 61.4 Å². The van der Waals surface area contributed by atoms with E-state index < -0.39 is 10.0 Å². The van der Waals surface area contributed by atoms with Gasteiger partial charge in [0.1, 0.15) is 5.75 Å². The Hall–Kier alpha value is -2.75. The minimum Gasteiger partial charge on any atom is -0.497 e. The van der Waals surface area contributed by atoms with E-state index >= 15 is 0 Å². The lowest BCUT2D eigenvalue weighted by atomic mass is 10.2. The molecular formula is C24H27N3O4S2. The second-order valence-corrected chi connectivity index (χ2v) is 10.7. The van der Waals surface area contributed by atoms with Crippen molar-refractivity contribution in [2.24, 2.45) is 0 Å². The second kappa shape index (κ2) is 10.5. The highest BCUT2D eigenvalue weighted by Crippen LogP contribution is 2.24. The van der Waals surface area contributed by atoms with Gasteiger partial charge in [0.2, 0.25) is 10.0 Å². The van der Waals surface area contributed by atoms with Crippen molar-refractivity contribution in [3.8, 4) is 17.0 Å². The van der Waals surface area contributed by atoms with E-state index in [4.69, 9.17) is 4.74 Å². The Bertz CT molecular complexity index is 1180. The van der Waals surface area contributed by atoms with E-state index in [1.807, 2.05) is 29.6 Å². The van der Waals surface area contributed by atoms with Crippen LogP contribution in [0.3, 0.4) is 0 Å². The number of carbonyl (C=O) groups excluding carboxylic acids is 1. The van der Waals surface area contributed by atoms with E-state index in [-0.39, 0.29) is 10.8 Å². The lowest BCUT2D eigenvalue weighted by Crippen LogP contribution is -2.35. The first-order chi connectivity index (χ1) is 16.0. The molecule has 0 aliphatic carbocycles. The van der Waals surface area contributed by atoms with Gasteiger partial charge in [-0.2, -0.15) is 4.31 Å². The molecule has 1 aliphatic rings. The zero-order valence-electron chi connectivity index (χ0n) is 18.5. The Morgan fingerprint density at radius 2 is 1.76 bits per heavy atom. The van der Waals surface area contributed by atoms with Crippen LogP contribution in [0.1, 0.15) is 34.6 Å². The van der Waals surface area contributed by atoms with Crippen molar-refractivity contribution in [2.45, 2.75) is 30.6 Å². The quantitative estimate of drug-likeness (QED) is 0.522. The summed E-state index contributed by atoms with van der Waals surface area (Å²) in [4.78, 5) is 17.4. The number of carbonyl (C=O) groups is 1. The van der Waals surface area contributed by atoms with Gasteiger partial charge in [-0.1, -0.05) is 6.42 Å². The number of benzene rings is 2. The molecule has 0 atom stereocenters. The lowest BCUT2D eigenvalue weighted by molar-refractivity contribution is 0.0954. The van der Waals surface area contributed by atoms with E-state index in [1.54, 1.807) is 30.6 Å². The largest absolute Gasteiger partial charge is 0.497 e. The zero-order chi connectivity index (χ0) is 23.3. The van der Waals surface area contributed by atoms with Crippen LogP contribution in [0, 0.1) is 0 Å². The molecule has 2 aromatic carbocycles. The number of methoxy groups -OCH3 is 1. The van der Waals surface area contributed by atoms with Crippen LogP contribution in [0.2, 0.25) is 0 Å². The fraction of sp³-hybridized carbons (Fsp3) is 0.333. The van der Waals surface area contributed by atoms with E-state index in [2.05, 4.69) is 10.3 Å². The number of aromatic nitrogens is 1. The first kappa shape index (κ1) is 23.4. The molecule has 0 spiro atoms. The molecule has 1 N–H and O–H groups in total. The number of hydrogen-bond acceptors (Lipinski definition) is 6. The SMILES string of the molecule is COc1ccc(-c2csc(CCNC(=O)c3ccc(S(=O)(=O)N4CCCCC4)cc3)n2)cc1. The number of ether oxygens (including phenoxy) is 1. The van der Waals surface area contributed by atoms with Crippen LogP contribution in [-0.2, 0) is 16.4 Å². The molecule has 0 bridgehead atoms. The van der Waals surface area contributed by atoms with Gasteiger partial charge in [0.05, 0.1) is 22.7 Å². The molecule has 1 fully saturated rings. The number of hydrogen-bond donors (Lipinski definition) is 1. The fourth-order valence-electron chi connectivity index (χ4n) is 3.74. The molecule has 1 aliphatic heterocycles. The lowest BCUT2D eigenvalue weighted by Gasteiger charge is -2.25. The van der Waals surface area contributed by atoms with Gasteiger partial charge in [0.15, 0.2) is 0 Å². The molecule has 174 valence electrons. The van der Waals surface area contributed by atoms with Crippen LogP contribution < -0.4 is 10.1 Å². The Labute approximate surface area is 198 Å². The molecule has 0 radical (unpaired) electrons. The average Bonchev–Trinajstić information content (AvgIpc) is 3.33. The number of amides is 1. The van der Waals surface area contributed by atoms with E-state index in [0.717, 1.165) is 41.3 Å². The summed E-state index contributed by atoms with van der Waals surface area (Å²) in [6.45, 7) is 1.56. The van der Waals surface area contributed by atoms with Gasteiger partial charge >= 0.3 is 0 Å². The number of piperidine rings is 1. The maximum Gasteiger partial charge on any atom is 0.251 e. The van der Waals surface area contributed by atoms with Crippen molar-refractivity contribution in [3.05, 3.63) is 64.5 Å². The molecule has 3 aromatic rings. The third kappa shape index (κ3) is 5.61. The highest BCUT2D eigenvalue weighted by Gasteiger charge is 2.25. The van der Waals surface area contributed by atoms with Crippen molar-refractivity contribution in [2.75, 3.05) is 26.7 Å². The number of rotatable bonds is 8. The van der Waals surface area contributed by atoms with Crippen LogP contribution in [0.4, 0.5) is 0 Å². The molecular weight excluding hydrogens is 458 g/mol. The third-order valence-corrected chi connectivity index (χ3v) is 8.45. The maximum absolute atomic E-state index is 12.7. The topological polar surface area (TPSA) is 88.6 Å². The molecule has 7 nitrogen and oxygen atoms in total. The summed E-state index contributed by atoms with van der Waals surface area (Å²) in [5.74, 6) is 0.567. The van der Waals surface area contributed by atoms with Gasteiger partial charge in [-0.15, -0.1) is 11.3 Å². The van der Waals surface area contributed by atoms with Crippen LogP contribution in [0.25, 0.3) is 11.3 Å². The molecule has 33 heavy (non-hydrogen) atoms. The second-order valence-electron chi connectivity index (χ2n) is 7.85. The summed E-state index contributed by atoms with van der Waals surface area (Å²) in [5.41, 5.74) is 2.35. The Balaban J connectivity index is 1.30. The van der Waals surface area contributed by atoms with Gasteiger partial charge in [0.25, 0.3) is 5.91 Å². The van der Waals surface area contributed by atoms with Crippen molar-refractivity contribution < 1.29 is 17.9 Å². The summed E-state index contributed by atoms with van der Waals surface area (Å²) >= 11 is 1.55. The normalized spacial score (nSPS) is 14.7. The van der Waals surface area contributed by atoms with Crippen LogP contribution in [0.15, 0.2) is 58.8 Å². The molecule has 4 rings (SSSR count). The summed E-state index contributed by atoms with van der Waals surface area (Å²) in [6, 6.07) is 13.9. The molecule has 0 unspecified atom stereocenters. The van der Waals surface area contributed by atoms with Gasteiger partial charge in [-0.25, -0.2) is 13.4 Å². The van der Waals surface area contributed by atoms with Gasteiger partial charge in [0, 0.05) is 42.6 Å². The maximum atomic E-state index is 12.7. The zero-order valence-corrected chi connectivity index (χ0v) is 20.1. The number of sulfonamides is 1. The number of nitrogens with one attached hydrogen (secondary N) is 1. The number of nitrogens with zero attached hydrogens (tertiary/aromatic N) is 2. The van der Waals surface area contributed by atoms with Gasteiger partial charge in [-0.3, -0.25) is 4.79 Å². The summed E-state index contributed by atoms with van der Waals surface area (Å²) in [7, 11) is -1.86.